The number of piperidine rings is 1. The Morgan fingerprint density at radius 1 is 0.839 bits per heavy atom. The molecule has 1 saturated heterocycles. The van der Waals surface area contributed by atoms with Gasteiger partial charge in [0.1, 0.15) is 5.60 Å². The highest BCUT2D eigenvalue weighted by Crippen LogP contribution is 2.41. The minimum atomic E-state index is -0.945. The third-order valence-corrected chi connectivity index (χ3v) is 6.44. The predicted molar refractivity (Wildman–Crippen MR) is 128 cm³/mol. The Kier molecular flexibility index (Phi) is 6.87. The van der Waals surface area contributed by atoms with Crippen molar-refractivity contribution in [3.8, 4) is 11.8 Å². The smallest absolute Gasteiger partial charge is 0.117 e. The van der Waals surface area contributed by atoms with Crippen LogP contribution in [0.3, 0.4) is 0 Å². The fourth-order valence-electron chi connectivity index (χ4n) is 4.61. The molecular weight excluding hydrogens is 378 g/mol. The highest BCUT2D eigenvalue weighted by Gasteiger charge is 2.41. The lowest BCUT2D eigenvalue weighted by atomic mass is 9.72. The Hall–Kier alpha value is -2.86. The number of aryl methyl sites for hydroxylation is 1. The second kappa shape index (κ2) is 9.96. The van der Waals surface area contributed by atoms with Crippen LogP contribution in [0.5, 0.6) is 0 Å². The van der Waals surface area contributed by atoms with Crippen molar-refractivity contribution in [3.05, 3.63) is 107 Å². The van der Waals surface area contributed by atoms with Crippen LogP contribution < -0.4 is 0 Å². The lowest BCUT2D eigenvalue weighted by Crippen LogP contribution is -2.44. The number of benzene rings is 3. The zero-order valence-electron chi connectivity index (χ0n) is 18.3. The molecule has 3 aromatic rings. The minimum Gasteiger partial charge on any atom is -0.380 e. The molecule has 1 N–H and O–H groups in total. The van der Waals surface area contributed by atoms with Crippen LogP contribution in [0.15, 0.2) is 84.9 Å². The van der Waals surface area contributed by atoms with E-state index in [1.807, 2.05) is 36.4 Å². The third kappa shape index (κ3) is 5.07. The second-order valence-corrected chi connectivity index (χ2v) is 8.53. The molecule has 158 valence electrons. The fourth-order valence-corrected chi connectivity index (χ4v) is 4.61. The van der Waals surface area contributed by atoms with Gasteiger partial charge in [-0.15, -0.1) is 0 Å². The van der Waals surface area contributed by atoms with Crippen molar-refractivity contribution in [1.82, 2.24) is 4.90 Å². The lowest BCUT2D eigenvalue weighted by molar-refractivity contribution is -0.0138. The Bertz CT molecular complexity index is 968. The molecule has 2 heteroatoms. The second-order valence-electron chi connectivity index (χ2n) is 8.53. The van der Waals surface area contributed by atoms with Crippen molar-refractivity contribution in [2.75, 3.05) is 19.6 Å². The van der Waals surface area contributed by atoms with E-state index in [9.17, 15) is 5.11 Å². The summed E-state index contributed by atoms with van der Waals surface area (Å²) in [6, 6.07) is 28.7. The molecular formula is C29H31NO. The van der Waals surface area contributed by atoms with Crippen molar-refractivity contribution in [2.24, 2.45) is 5.92 Å². The summed E-state index contributed by atoms with van der Waals surface area (Å²) in [7, 11) is 0. The van der Waals surface area contributed by atoms with Gasteiger partial charge >= 0.3 is 0 Å². The van der Waals surface area contributed by atoms with Crippen LogP contribution >= 0.6 is 0 Å². The average molecular weight is 410 g/mol. The highest BCUT2D eigenvalue weighted by atomic mass is 16.3. The van der Waals surface area contributed by atoms with E-state index in [1.54, 1.807) is 0 Å². The molecule has 0 atom stereocenters. The predicted octanol–water partition coefficient (Wildman–Crippen LogP) is 5.38. The average Bonchev–Trinajstić information content (AvgIpc) is 2.84. The first kappa shape index (κ1) is 21.4. The summed E-state index contributed by atoms with van der Waals surface area (Å²) in [5.41, 5.74) is 3.38. The van der Waals surface area contributed by atoms with Gasteiger partial charge in [0.05, 0.1) is 0 Å². The molecule has 0 aliphatic carbocycles. The van der Waals surface area contributed by atoms with E-state index < -0.39 is 5.60 Å². The molecule has 0 bridgehead atoms. The third-order valence-electron chi connectivity index (χ3n) is 6.44. The SMILES string of the molecule is Cc1ccc(C#CCCN2CCC(C(O)(c3ccccc3)c3ccccc3)CC2)cc1. The van der Waals surface area contributed by atoms with Crippen LogP contribution in [0.1, 0.15) is 41.5 Å². The molecule has 1 heterocycles. The maximum atomic E-state index is 12.0. The van der Waals surface area contributed by atoms with Gasteiger partial charge in [-0.2, -0.15) is 0 Å². The molecule has 3 aromatic carbocycles. The number of hydrogen-bond donors (Lipinski definition) is 1. The molecule has 2 nitrogen and oxygen atoms in total. The van der Waals surface area contributed by atoms with E-state index in [-0.39, 0.29) is 5.92 Å². The van der Waals surface area contributed by atoms with Crippen molar-refractivity contribution in [1.29, 1.82) is 0 Å². The topological polar surface area (TPSA) is 23.5 Å². The molecule has 4 rings (SSSR count). The van der Waals surface area contributed by atoms with E-state index in [4.69, 9.17) is 0 Å². The molecule has 1 aliphatic heterocycles. The standard InChI is InChI=1S/C29H31NO/c1-24-15-17-25(18-16-24)10-8-9-21-30-22-19-28(20-23-30)29(31,26-11-4-2-5-12-26)27-13-6-3-7-14-27/h2-7,11-18,28,31H,9,19-23H2,1H3. The van der Waals surface area contributed by atoms with Crippen molar-refractivity contribution in [3.63, 3.8) is 0 Å². The van der Waals surface area contributed by atoms with E-state index >= 15 is 0 Å². The van der Waals surface area contributed by atoms with Gasteiger partial charge in [-0.3, -0.25) is 0 Å². The summed E-state index contributed by atoms with van der Waals surface area (Å²) in [5.74, 6) is 6.79. The van der Waals surface area contributed by atoms with Crippen LogP contribution in [0.4, 0.5) is 0 Å². The quantitative estimate of drug-likeness (QED) is 0.572. The fraction of sp³-hybridized carbons (Fsp3) is 0.310. The summed E-state index contributed by atoms with van der Waals surface area (Å²) in [6.07, 6.45) is 2.83. The largest absolute Gasteiger partial charge is 0.380 e. The molecule has 0 spiro atoms. The van der Waals surface area contributed by atoms with Gasteiger partial charge in [-0.25, -0.2) is 0 Å². The van der Waals surface area contributed by atoms with Crippen LogP contribution in [-0.4, -0.2) is 29.6 Å². The summed E-state index contributed by atoms with van der Waals surface area (Å²) >= 11 is 0. The van der Waals surface area contributed by atoms with Crippen molar-refractivity contribution < 1.29 is 5.11 Å². The van der Waals surface area contributed by atoms with Crippen LogP contribution in [0.2, 0.25) is 0 Å². The summed E-state index contributed by atoms with van der Waals surface area (Å²) < 4.78 is 0. The zero-order valence-corrected chi connectivity index (χ0v) is 18.3. The summed E-state index contributed by atoms with van der Waals surface area (Å²) in [6.45, 7) is 5.08. The number of aliphatic hydroxyl groups is 1. The molecule has 0 aromatic heterocycles. The highest BCUT2D eigenvalue weighted by molar-refractivity contribution is 5.37. The molecule has 1 aliphatic rings. The first-order chi connectivity index (χ1) is 15.2. The molecule has 0 amide bonds. The van der Waals surface area contributed by atoms with E-state index in [0.717, 1.165) is 55.6 Å². The number of nitrogens with zero attached hydrogens (tertiary/aromatic N) is 1. The number of rotatable bonds is 5. The first-order valence-corrected chi connectivity index (χ1v) is 11.3. The number of likely N-dealkylation sites (tertiary alicyclic amines) is 1. The maximum absolute atomic E-state index is 12.0. The Labute approximate surface area is 186 Å². The van der Waals surface area contributed by atoms with E-state index in [1.165, 1.54) is 5.56 Å². The van der Waals surface area contributed by atoms with Crippen LogP contribution in [-0.2, 0) is 5.60 Å². The molecule has 0 saturated carbocycles. The van der Waals surface area contributed by atoms with Gasteiger partial charge in [-0.05, 0) is 62.0 Å². The van der Waals surface area contributed by atoms with Crippen LogP contribution in [0, 0.1) is 24.7 Å². The molecule has 0 unspecified atom stereocenters. The summed E-state index contributed by atoms with van der Waals surface area (Å²) in [5, 5.41) is 12.0. The van der Waals surface area contributed by atoms with Gasteiger partial charge in [0.25, 0.3) is 0 Å². The van der Waals surface area contributed by atoms with Gasteiger partial charge < -0.3 is 10.0 Å². The molecule has 1 fully saturated rings. The molecule has 31 heavy (non-hydrogen) atoms. The Morgan fingerprint density at radius 3 is 1.94 bits per heavy atom. The Morgan fingerprint density at radius 2 is 1.39 bits per heavy atom. The first-order valence-electron chi connectivity index (χ1n) is 11.3. The van der Waals surface area contributed by atoms with E-state index in [2.05, 4.69) is 72.2 Å². The van der Waals surface area contributed by atoms with E-state index in [0.29, 0.717) is 0 Å². The zero-order chi connectivity index (χ0) is 21.5. The van der Waals surface area contributed by atoms with Crippen molar-refractivity contribution in [2.45, 2.75) is 31.8 Å². The summed E-state index contributed by atoms with van der Waals surface area (Å²) in [4.78, 5) is 2.48. The van der Waals surface area contributed by atoms with Gasteiger partial charge in [0.2, 0.25) is 0 Å². The van der Waals surface area contributed by atoms with Crippen molar-refractivity contribution >= 4 is 0 Å². The number of hydrogen-bond acceptors (Lipinski definition) is 2. The van der Waals surface area contributed by atoms with Gasteiger partial charge in [0.15, 0.2) is 0 Å². The van der Waals surface area contributed by atoms with Crippen LogP contribution in [0.25, 0.3) is 0 Å². The lowest BCUT2D eigenvalue weighted by Gasteiger charge is -2.42. The monoisotopic (exact) mass is 409 g/mol. The molecule has 0 radical (unpaired) electrons. The minimum absolute atomic E-state index is 0.201. The normalized spacial score (nSPS) is 15.3. The van der Waals surface area contributed by atoms with Gasteiger partial charge in [-0.1, -0.05) is 90.2 Å². The van der Waals surface area contributed by atoms with Gasteiger partial charge in [0, 0.05) is 18.5 Å². The maximum Gasteiger partial charge on any atom is 0.117 e. The Balaban J connectivity index is 1.39.